The molecule has 0 spiro atoms. The zero-order valence-corrected chi connectivity index (χ0v) is 12.1. The summed E-state index contributed by atoms with van der Waals surface area (Å²) in [6.07, 6.45) is 0.236. The zero-order valence-electron chi connectivity index (χ0n) is 10.5. The summed E-state index contributed by atoms with van der Waals surface area (Å²) in [6, 6.07) is 12.5. The van der Waals surface area contributed by atoms with Crippen LogP contribution in [-0.4, -0.2) is 11.0 Å². The number of carbonyl (C=O) groups excluding carboxylic acids is 1. The third-order valence-electron chi connectivity index (χ3n) is 2.75. The van der Waals surface area contributed by atoms with Crippen LogP contribution in [0.1, 0.15) is 11.1 Å². The predicted molar refractivity (Wildman–Crippen MR) is 79.3 cm³/mol. The lowest BCUT2D eigenvalue weighted by atomic mass is 10.1. The highest BCUT2D eigenvalue weighted by Crippen LogP contribution is 2.21. The SMILES string of the molecule is Cc1ccc(Br)cc1NC(=O)Cc1cccc(O)c1. The molecule has 1 amide bonds. The zero-order chi connectivity index (χ0) is 13.8. The highest BCUT2D eigenvalue weighted by Gasteiger charge is 2.07. The van der Waals surface area contributed by atoms with Crippen molar-refractivity contribution >= 4 is 27.5 Å². The number of benzene rings is 2. The minimum atomic E-state index is -0.105. The molecule has 0 atom stereocenters. The second kappa shape index (κ2) is 5.89. The van der Waals surface area contributed by atoms with E-state index in [2.05, 4.69) is 21.2 Å². The summed E-state index contributed by atoms with van der Waals surface area (Å²) in [4.78, 5) is 11.9. The standard InChI is InChI=1S/C15H14BrNO2/c1-10-5-6-12(16)9-14(10)17-15(19)8-11-3-2-4-13(18)7-11/h2-7,9,18H,8H2,1H3,(H,17,19). The quantitative estimate of drug-likeness (QED) is 0.907. The Hall–Kier alpha value is -1.81. The number of hydrogen-bond donors (Lipinski definition) is 2. The lowest BCUT2D eigenvalue weighted by molar-refractivity contribution is -0.115. The number of aromatic hydroxyl groups is 1. The van der Waals surface area contributed by atoms with Gasteiger partial charge in [0.2, 0.25) is 5.91 Å². The highest BCUT2D eigenvalue weighted by atomic mass is 79.9. The highest BCUT2D eigenvalue weighted by molar-refractivity contribution is 9.10. The van der Waals surface area contributed by atoms with Gasteiger partial charge in [-0.2, -0.15) is 0 Å². The van der Waals surface area contributed by atoms with E-state index in [1.807, 2.05) is 31.2 Å². The van der Waals surface area contributed by atoms with E-state index in [1.165, 1.54) is 0 Å². The number of rotatable bonds is 3. The van der Waals surface area contributed by atoms with E-state index < -0.39 is 0 Å². The second-order valence-electron chi connectivity index (χ2n) is 4.35. The number of carbonyl (C=O) groups is 1. The van der Waals surface area contributed by atoms with Gasteiger partial charge in [-0.05, 0) is 42.3 Å². The molecule has 0 saturated heterocycles. The number of halogens is 1. The molecule has 2 rings (SSSR count). The van der Waals surface area contributed by atoms with Gasteiger partial charge in [0.25, 0.3) is 0 Å². The molecule has 0 aliphatic heterocycles. The number of aryl methyl sites for hydroxylation is 1. The monoisotopic (exact) mass is 319 g/mol. The van der Waals surface area contributed by atoms with Gasteiger partial charge in [0, 0.05) is 10.2 Å². The van der Waals surface area contributed by atoms with Crippen LogP contribution in [0.15, 0.2) is 46.9 Å². The van der Waals surface area contributed by atoms with Gasteiger partial charge in [-0.15, -0.1) is 0 Å². The van der Waals surface area contributed by atoms with Gasteiger partial charge < -0.3 is 10.4 Å². The summed E-state index contributed by atoms with van der Waals surface area (Å²) in [6.45, 7) is 1.94. The van der Waals surface area contributed by atoms with Crippen molar-refractivity contribution in [2.24, 2.45) is 0 Å². The van der Waals surface area contributed by atoms with Crippen LogP contribution in [0, 0.1) is 6.92 Å². The Kier molecular flexibility index (Phi) is 4.22. The normalized spacial score (nSPS) is 10.2. The maximum atomic E-state index is 11.9. The average molecular weight is 320 g/mol. The number of anilines is 1. The fourth-order valence-electron chi connectivity index (χ4n) is 1.78. The number of hydrogen-bond acceptors (Lipinski definition) is 2. The summed E-state index contributed by atoms with van der Waals surface area (Å²) in [5.74, 6) is 0.0655. The van der Waals surface area contributed by atoms with Crippen LogP contribution < -0.4 is 5.32 Å². The molecule has 2 N–H and O–H groups in total. The van der Waals surface area contributed by atoms with E-state index in [0.29, 0.717) is 0 Å². The number of phenolic OH excluding ortho intramolecular Hbond substituents is 1. The predicted octanol–water partition coefficient (Wildman–Crippen LogP) is 3.64. The molecule has 0 aliphatic rings. The van der Waals surface area contributed by atoms with Gasteiger partial charge >= 0.3 is 0 Å². The van der Waals surface area contributed by atoms with Crippen molar-refractivity contribution in [1.82, 2.24) is 0 Å². The molecule has 0 saturated carbocycles. The molecule has 0 aliphatic carbocycles. The Balaban J connectivity index is 2.07. The molecular weight excluding hydrogens is 306 g/mol. The van der Waals surface area contributed by atoms with Crippen LogP contribution >= 0.6 is 15.9 Å². The van der Waals surface area contributed by atoms with Crippen molar-refractivity contribution in [2.75, 3.05) is 5.32 Å². The molecular formula is C15H14BrNO2. The molecule has 3 nitrogen and oxygen atoms in total. The smallest absolute Gasteiger partial charge is 0.228 e. The first kappa shape index (κ1) is 13.6. The minimum absolute atomic E-state index is 0.105. The van der Waals surface area contributed by atoms with Crippen LogP contribution in [-0.2, 0) is 11.2 Å². The second-order valence-corrected chi connectivity index (χ2v) is 5.27. The van der Waals surface area contributed by atoms with Crippen molar-refractivity contribution in [3.63, 3.8) is 0 Å². The Morgan fingerprint density at radius 3 is 2.79 bits per heavy atom. The van der Waals surface area contributed by atoms with Crippen molar-refractivity contribution in [1.29, 1.82) is 0 Å². The molecule has 0 fully saturated rings. The van der Waals surface area contributed by atoms with Crippen molar-refractivity contribution < 1.29 is 9.90 Å². The fraction of sp³-hybridized carbons (Fsp3) is 0.133. The summed E-state index contributed by atoms with van der Waals surface area (Å²) in [7, 11) is 0. The fourth-order valence-corrected chi connectivity index (χ4v) is 2.14. The first-order chi connectivity index (χ1) is 9.04. The molecule has 19 heavy (non-hydrogen) atoms. The van der Waals surface area contributed by atoms with E-state index in [-0.39, 0.29) is 18.1 Å². The van der Waals surface area contributed by atoms with Gasteiger partial charge in [0.15, 0.2) is 0 Å². The van der Waals surface area contributed by atoms with Crippen LogP contribution in [0.5, 0.6) is 5.75 Å². The number of amides is 1. The molecule has 98 valence electrons. The molecule has 0 bridgehead atoms. The van der Waals surface area contributed by atoms with Gasteiger partial charge in [-0.3, -0.25) is 4.79 Å². The van der Waals surface area contributed by atoms with Crippen LogP contribution in [0.4, 0.5) is 5.69 Å². The summed E-state index contributed by atoms with van der Waals surface area (Å²) in [5.41, 5.74) is 2.58. The maximum absolute atomic E-state index is 11.9. The van der Waals surface area contributed by atoms with Crippen molar-refractivity contribution in [3.8, 4) is 5.75 Å². The topological polar surface area (TPSA) is 49.3 Å². The van der Waals surface area contributed by atoms with Crippen LogP contribution in [0.25, 0.3) is 0 Å². The van der Waals surface area contributed by atoms with E-state index in [4.69, 9.17) is 0 Å². The summed E-state index contributed by atoms with van der Waals surface area (Å²) >= 11 is 3.38. The Bertz CT molecular complexity index is 611. The van der Waals surface area contributed by atoms with Crippen molar-refractivity contribution in [2.45, 2.75) is 13.3 Å². The molecule has 2 aromatic carbocycles. The molecule has 0 unspecified atom stereocenters. The van der Waals surface area contributed by atoms with Gasteiger partial charge in [-0.25, -0.2) is 0 Å². The van der Waals surface area contributed by atoms with E-state index in [1.54, 1.807) is 18.2 Å². The first-order valence-corrected chi connectivity index (χ1v) is 6.68. The number of phenols is 1. The van der Waals surface area contributed by atoms with Crippen LogP contribution in [0.2, 0.25) is 0 Å². The van der Waals surface area contributed by atoms with Crippen LogP contribution in [0.3, 0.4) is 0 Å². The number of nitrogens with one attached hydrogen (secondary N) is 1. The average Bonchev–Trinajstić information content (AvgIpc) is 2.34. The Labute approximate surface area is 120 Å². The molecule has 4 heteroatoms. The Morgan fingerprint density at radius 1 is 1.26 bits per heavy atom. The third-order valence-corrected chi connectivity index (χ3v) is 3.24. The largest absolute Gasteiger partial charge is 0.508 e. The molecule has 0 heterocycles. The van der Waals surface area contributed by atoms with E-state index >= 15 is 0 Å². The van der Waals surface area contributed by atoms with E-state index in [0.717, 1.165) is 21.3 Å². The lowest BCUT2D eigenvalue weighted by Gasteiger charge is -2.09. The third kappa shape index (κ3) is 3.83. The van der Waals surface area contributed by atoms with E-state index in [9.17, 15) is 9.90 Å². The van der Waals surface area contributed by atoms with Gasteiger partial charge in [-0.1, -0.05) is 34.1 Å². The summed E-state index contributed by atoms with van der Waals surface area (Å²) < 4.78 is 0.922. The van der Waals surface area contributed by atoms with Gasteiger partial charge in [0.05, 0.1) is 6.42 Å². The Morgan fingerprint density at radius 2 is 2.05 bits per heavy atom. The molecule has 0 aromatic heterocycles. The summed E-state index contributed by atoms with van der Waals surface area (Å²) in [5, 5.41) is 12.2. The molecule has 2 aromatic rings. The maximum Gasteiger partial charge on any atom is 0.228 e. The lowest BCUT2D eigenvalue weighted by Crippen LogP contribution is -2.15. The minimum Gasteiger partial charge on any atom is -0.508 e. The first-order valence-electron chi connectivity index (χ1n) is 5.88. The van der Waals surface area contributed by atoms with Gasteiger partial charge in [0.1, 0.15) is 5.75 Å². The molecule has 0 radical (unpaired) electrons. The van der Waals surface area contributed by atoms with Crippen molar-refractivity contribution in [3.05, 3.63) is 58.1 Å².